The van der Waals surface area contributed by atoms with Crippen LogP contribution in [0.5, 0.6) is 0 Å². The summed E-state index contributed by atoms with van der Waals surface area (Å²) in [6.07, 6.45) is 2.76. The number of amides is 1. The molecule has 28 heavy (non-hydrogen) atoms. The third-order valence-electron chi connectivity index (χ3n) is 5.11. The molecule has 0 bridgehead atoms. The normalized spacial score (nSPS) is 19.2. The topological polar surface area (TPSA) is 66.5 Å². The quantitative estimate of drug-likeness (QED) is 0.790. The first-order valence-electron chi connectivity index (χ1n) is 9.61. The Morgan fingerprint density at radius 2 is 1.89 bits per heavy atom. The van der Waals surface area contributed by atoms with Crippen LogP contribution in [0.3, 0.4) is 0 Å². The maximum atomic E-state index is 12.9. The van der Waals surface area contributed by atoms with E-state index < -0.39 is 10.0 Å². The highest BCUT2D eigenvalue weighted by atomic mass is 32.2. The van der Waals surface area contributed by atoms with E-state index in [1.165, 1.54) is 0 Å². The second kappa shape index (κ2) is 7.44. The van der Waals surface area contributed by atoms with Gasteiger partial charge in [0.2, 0.25) is 5.91 Å². The van der Waals surface area contributed by atoms with Crippen LogP contribution in [0.1, 0.15) is 32.3 Å². The van der Waals surface area contributed by atoms with Gasteiger partial charge in [0, 0.05) is 28.3 Å². The first-order chi connectivity index (χ1) is 13.4. The molecule has 2 aliphatic rings. The van der Waals surface area contributed by atoms with Crippen molar-refractivity contribution in [3.05, 3.63) is 48.0 Å². The maximum Gasteiger partial charge on any atom is 0.261 e. The van der Waals surface area contributed by atoms with Gasteiger partial charge < -0.3 is 4.90 Å². The molecular formula is C21H24N2O3S2. The summed E-state index contributed by atoms with van der Waals surface area (Å²) in [5, 5.41) is 0.285. The number of anilines is 2. The largest absolute Gasteiger partial charge is 0.310 e. The van der Waals surface area contributed by atoms with Gasteiger partial charge in [-0.1, -0.05) is 26.0 Å². The van der Waals surface area contributed by atoms with Crippen LogP contribution in [-0.2, 0) is 21.2 Å². The first-order valence-corrected chi connectivity index (χ1v) is 12.0. The van der Waals surface area contributed by atoms with Gasteiger partial charge in [0.15, 0.2) is 0 Å². The summed E-state index contributed by atoms with van der Waals surface area (Å²) in [6.45, 7) is 4.76. The molecular weight excluding hydrogens is 392 g/mol. The number of carbonyl (C=O) groups is 1. The van der Waals surface area contributed by atoms with Gasteiger partial charge in [-0.3, -0.25) is 9.52 Å². The molecule has 0 spiro atoms. The van der Waals surface area contributed by atoms with Crippen molar-refractivity contribution in [3.63, 3.8) is 0 Å². The van der Waals surface area contributed by atoms with E-state index in [4.69, 9.17) is 0 Å². The maximum absolute atomic E-state index is 12.9. The van der Waals surface area contributed by atoms with Gasteiger partial charge in [0.1, 0.15) is 0 Å². The molecule has 1 fully saturated rings. The van der Waals surface area contributed by atoms with Crippen LogP contribution in [0.15, 0.2) is 52.3 Å². The van der Waals surface area contributed by atoms with Crippen molar-refractivity contribution in [3.8, 4) is 0 Å². The molecule has 5 nitrogen and oxygen atoms in total. The zero-order valence-electron chi connectivity index (χ0n) is 16.0. The Morgan fingerprint density at radius 3 is 2.54 bits per heavy atom. The number of benzene rings is 2. The van der Waals surface area contributed by atoms with Gasteiger partial charge in [-0.05, 0) is 55.2 Å². The minimum Gasteiger partial charge on any atom is -0.310 e. The lowest BCUT2D eigenvalue weighted by atomic mass is 10.2. The zero-order valence-corrected chi connectivity index (χ0v) is 17.6. The van der Waals surface area contributed by atoms with E-state index >= 15 is 0 Å². The highest BCUT2D eigenvalue weighted by molar-refractivity contribution is 8.00. The number of hydrogen-bond donors (Lipinski definition) is 1. The van der Waals surface area contributed by atoms with E-state index in [1.54, 1.807) is 40.9 Å². The molecule has 148 valence electrons. The predicted molar refractivity (Wildman–Crippen MR) is 113 cm³/mol. The highest BCUT2D eigenvalue weighted by Crippen LogP contribution is 2.42. The van der Waals surface area contributed by atoms with E-state index in [1.807, 2.05) is 18.2 Å². The Morgan fingerprint density at radius 1 is 1.18 bits per heavy atom. The number of rotatable bonds is 5. The van der Waals surface area contributed by atoms with Crippen LogP contribution in [0.2, 0.25) is 0 Å². The summed E-state index contributed by atoms with van der Waals surface area (Å²) in [5.41, 5.74) is 2.39. The molecule has 2 aromatic carbocycles. The monoisotopic (exact) mass is 416 g/mol. The zero-order chi connectivity index (χ0) is 19.9. The summed E-state index contributed by atoms with van der Waals surface area (Å²) in [5.74, 6) is 0.213. The summed E-state index contributed by atoms with van der Waals surface area (Å²) in [4.78, 5) is 15.6. The molecule has 1 atom stereocenters. The lowest BCUT2D eigenvalue weighted by Crippen LogP contribution is -2.39. The van der Waals surface area contributed by atoms with Crippen LogP contribution in [0, 0.1) is 5.92 Å². The molecule has 0 saturated heterocycles. The Labute approximate surface area is 170 Å². The number of thioether (sulfide) groups is 1. The van der Waals surface area contributed by atoms with Crippen molar-refractivity contribution in [1.29, 1.82) is 0 Å². The SMILES string of the molecule is CCc1ccc(NS(=O)(=O)c2ccc3c(c2)N(C(=O)C2CC2)C[C@H](C)S3)cc1. The molecule has 1 N–H and O–H groups in total. The average molecular weight is 417 g/mol. The van der Waals surface area contributed by atoms with Crippen molar-refractivity contribution >= 4 is 39.1 Å². The fourth-order valence-electron chi connectivity index (χ4n) is 3.37. The fourth-order valence-corrected chi connectivity index (χ4v) is 5.54. The van der Waals surface area contributed by atoms with Crippen LogP contribution in [0.25, 0.3) is 0 Å². The van der Waals surface area contributed by atoms with Gasteiger partial charge in [0.05, 0.1) is 10.6 Å². The van der Waals surface area contributed by atoms with Gasteiger partial charge in [-0.15, -0.1) is 11.8 Å². The standard InChI is InChI=1S/C21H24N2O3S2/c1-3-15-4-8-17(9-5-15)22-28(25,26)18-10-11-20-19(12-18)23(13-14(2)27-20)21(24)16-6-7-16/h4-5,8-12,14,16,22H,3,6-7,13H2,1-2H3/t14-/m0/s1. The van der Waals surface area contributed by atoms with Crippen molar-refractivity contribution in [2.75, 3.05) is 16.2 Å². The molecule has 4 rings (SSSR count). The molecule has 2 aromatic rings. The molecule has 1 aliphatic carbocycles. The summed E-state index contributed by atoms with van der Waals surface area (Å²) in [6, 6.07) is 12.4. The lowest BCUT2D eigenvalue weighted by molar-refractivity contribution is -0.119. The Kier molecular flexibility index (Phi) is 5.14. The summed E-state index contributed by atoms with van der Waals surface area (Å²) < 4.78 is 28.5. The summed E-state index contributed by atoms with van der Waals surface area (Å²) >= 11 is 1.68. The average Bonchev–Trinajstić information content (AvgIpc) is 3.52. The number of fused-ring (bicyclic) bond motifs is 1. The minimum atomic E-state index is -3.73. The number of sulfonamides is 1. The number of carbonyl (C=O) groups excluding carboxylic acids is 1. The second-order valence-corrected chi connectivity index (χ2v) is 10.6. The number of nitrogens with zero attached hydrogens (tertiary/aromatic N) is 1. The Bertz CT molecular complexity index is 999. The smallest absolute Gasteiger partial charge is 0.261 e. The van der Waals surface area contributed by atoms with Gasteiger partial charge in [-0.25, -0.2) is 8.42 Å². The molecule has 1 saturated carbocycles. The Hall–Kier alpha value is -1.99. The number of aryl methyl sites for hydroxylation is 1. The van der Waals surface area contributed by atoms with E-state index in [-0.39, 0.29) is 22.0 Å². The molecule has 7 heteroatoms. The third kappa shape index (κ3) is 3.91. The van der Waals surface area contributed by atoms with E-state index in [2.05, 4.69) is 18.6 Å². The fraction of sp³-hybridized carbons (Fsp3) is 0.381. The van der Waals surface area contributed by atoms with E-state index in [0.717, 1.165) is 29.7 Å². The molecule has 1 aliphatic heterocycles. The van der Waals surface area contributed by atoms with Crippen molar-refractivity contribution < 1.29 is 13.2 Å². The van der Waals surface area contributed by atoms with Crippen molar-refractivity contribution in [2.45, 2.75) is 48.2 Å². The molecule has 1 heterocycles. The van der Waals surface area contributed by atoms with Crippen molar-refractivity contribution in [2.24, 2.45) is 5.92 Å². The molecule has 0 radical (unpaired) electrons. The molecule has 1 amide bonds. The predicted octanol–water partition coefficient (Wildman–Crippen LogP) is 4.29. The Balaban J connectivity index is 1.64. The number of nitrogens with one attached hydrogen (secondary N) is 1. The van der Waals surface area contributed by atoms with Gasteiger partial charge in [0.25, 0.3) is 10.0 Å². The van der Waals surface area contributed by atoms with Crippen LogP contribution >= 0.6 is 11.8 Å². The van der Waals surface area contributed by atoms with E-state index in [9.17, 15) is 13.2 Å². The van der Waals surface area contributed by atoms with Crippen LogP contribution in [0.4, 0.5) is 11.4 Å². The van der Waals surface area contributed by atoms with Gasteiger partial charge in [-0.2, -0.15) is 0 Å². The van der Waals surface area contributed by atoms with Crippen LogP contribution in [-0.4, -0.2) is 26.1 Å². The summed E-state index contributed by atoms with van der Waals surface area (Å²) in [7, 11) is -3.73. The first kappa shape index (κ1) is 19.3. The molecule has 0 aromatic heterocycles. The minimum absolute atomic E-state index is 0.0959. The highest BCUT2D eigenvalue weighted by Gasteiger charge is 2.37. The van der Waals surface area contributed by atoms with E-state index in [0.29, 0.717) is 17.9 Å². The van der Waals surface area contributed by atoms with Crippen molar-refractivity contribution in [1.82, 2.24) is 0 Å². The van der Waals surface area contributed by atoms with Crippen LogP contribution < -0.4 is 9.62 Å². The third-order valence-corrected chi connectivity index (χ3v) is 7.64. The number of hydrogen-bond acceptors (Lipinski definition) is 4. The lowest BCUT2D eigenvalue weighted by Gasteiger charge is -2.33. The van der Waals surface area contributed by atoms with Gasteiger partial charge >= 0.3 is 0 Å². The molecule has 0 unspecified atom stereocenters. The second-order valence-electron chi connectivity index (χ2n) is 7.44.